The number of nitrogens with one attached hydrogen (secondary N) is 1. The van der Waals surface area contributed by atoms with Crippen LogP contribution in [0.2, 0.25) is 0 Å². The normalized spacial score (nSPS) is 35.8. The minimum absolute atomic E-state index is 0.0179. The van der Waals surface area contributed by atoms with Crippen molar-refractivity contribution in [2.24, 2.45) is 5.92 Å². The maximum Gasteiger partial charge on any atom is 0.406 e. The Kier molecular flexibility index (Phi) is 6.54. The highest BCUT2D eigenvalue weighted by molar-refractivity contribution is 5.82. The summed E-state index contributed by atoms with van der Waals surface area (Å²) in [4.78, 5) is 29.4. The molecule has 2 aliphatic carbocycles. The minimum Gasteiger partial charge on any atom is -0.335 e. The van der Waals surface area contributed by atoms with Crippen LogP contribution in [0.25, 0.3) is 0 Å². The molecular weight excluding hydrogens is 409 g/mol. The Balaban J connectivity index is 1.57. The van der Waals surface area contributed by atoms with Gasteiger partial charge >= 0.3 is 6.18 Å². The van der Waals surface area contributed by atoms with Crippen molar-refractivity contribution in [2.75, 3.05) is 13.1 Å². The van der Waals surface area contributed by atoms with Gasteiger partial charge in [0, 0.05) is 32.1 Å². The summed E-state index contributed by atoms with van der Waals surface area (Å²) < 4.78 is 42.6. The van der Waals surface area contributed by atoms with Crippen molar-refractivity contribution in [3.63, 3.8) is 0 Å². The molecule has 4 fully saturated rings. The van der Waals surface area contributed by atoms with Crippen molar-refractivity contribution in [3.05, 3.63) is 0 Å². The van der Waals surface area contributed by atoms with Gasteiger partial charge in [-0.2, -0.15) is 13.2 Å². The first kappa shape index (κ1) is 22.8. The van der Waals surface area contributed by atoms with Gasteiger partial charge in [0.2, 0.25) is 11.8 Å². The third kappa shape index (κ3) is 4.32. The Labute approximate surface area is 182 Å². The zero-order chi connectivity index (χ0) is 22.3. The molecule has 9 heteroatoms. The number of hydrogen-bond acceptors (Lipinski definition) is 4. The summed E-state index contributed by atoms with van der Waals surface area (Å²) in [5, 5.41) is 1.36. The third-order valence-corrected chi connectivity index (χ3v) is 7.83. The van der Waals surface area contributed by atoms with E-state index in [0.29, 0.717) is 6.54 Å². The van der Waals surface area contributed by atoms with Crippen molar-refractivity contribution < 1.29 is 22.8 Å². The summed E-state index contributed by atoms with van der Waals surface area (Å²) in [5.41, 5.74) is 2.96. The highest BCUT2D eigenvalue weighted by Gasteiger charge is 2.58. The highest BCUT2D eigenvalue weighted by Crippen LogP contribution is 2.40. The minimum atomic E-state index is -4.47. The Morgan fingerprint density at radius 3 is 2.16 bits per heavy atom. The molecule has 1 N–H and O–H groups in total. The summed E-state index contributed by atoms with van der Waals surface area (Å²) in [6, 6.07) is -2.42. The lowest BCUT2D eigenvalue weighted by atomic mass is 9.83. The number of rotatable bonds is 2. The second-order valence-electron chi connectivity index (χ2n) is 9.84. The lowest BCUT2D eigenvalue weighted by Crippen LogP contribution is -2.67. The lowest BCUT2D eigenvalue weighted by molar-refractivity contribution is -0.201. The molecule has 4 aliphatic rings. The topological polar surface area (TPSA) is 55.9 Å². The number of halogens is 3. The van der Waals surface area contributed by atoms with Crippen LogP contribution in [0.5, 0.6) is 0 Å². The van der Waals surface area contributed by atoms with Crippen molar-refractivity contribution in [3.8, 4) is 0 Å². The van der Waals surface area contributed by atoms with Crippen LogP contribution in [0.4, 0.5) is 13.2 Å². The highest BCUT2D eigenvalue weighted by atomic mass is 19.4. The van der Waals surface area contributed by atoms with Gasteiger partial charge < -0.3 is 9.80 Å². The number of alkyl halides is 3. The third-order valence-electron chi connectivity index (χ3n) is 7.83. The smallest absolute Gasteiger partial charge is 0.335 e. The van der Waals surface area contributed by atoms with Gasteiger partial charge in [-0.1, -0.05) is 32.1 Å². The predicted octanol–water partition coefficient (Wildman–Crippen LogP) is 3.08. The number of carbonyl (C=O) groups is 2. The molecule has 2 saturated carbocycles. The molecule has 6 nitrogen and oxygen atoms in total. The van der Waals surface area contributed by atoms with E-state index in [9.17, 15) is 22.8 Å². The summed E-state index contributed by atoms with van der Waals surface area (Å²) in [6.45, 7) is 3.78. The zero-order valence-corrected chi connectivity index (χ0v) is 18.5. The van der Waals surface area contributed by atoms with Gasteiger partial charge in [0.05, 0.1) is 18.0 Å². The summed E-state index contributed by atoms with van der Waals surface area (Å²) >= 11 is 0. The Morgan fingerprint density at radius 2 is 1.55 bits per heavy atom. The fourth-order valence-corrected chi connectivity index (χ4v) is 6.56. The van der Waals surface area contributed by atoms with E-state index in [-0.39, 0.29) is 36.6 Å². The lowest BCUT2D eigenvalue weighted by Gasteiger charge is -2.53. The Morgan fingerprint density at radius 1 is 0.935 bits per heavy atom. The van der Waals surface area contributed by atoms with E-state index in [0.717, 1.165) is 57.8 Å². The number of hydrogen-bond donors (Lipinski definition) is 1. The van der Waals surface area contributed by atoms with Crippen LogP contribution < -0.4 is 5.43 Å². The predicted molar refractivity (Wildman–Crippen MR) is 110 cm³/mol. The maximum absolute atomic E-state index is 14.2. The summed E-state index contributed by atoms with van der Waals surface area (Å²) in [5.74, 6) is -1.56. The fourth-order valence-electron chi connectivity index (χ4n) is 6.56. The molecule has 2 amide bonds. The molecule has 2 heterocycles. The Bertz CT molecular complexity index is 682. The SMILES string of the molecule is CC(=O)N1C2CCCCC2N(C(=O)C2CNN(C3CCCCC3)C2C(F)(F)F)C[C@@H]1C. The van der Waals surface area contributed by atoms with Crippen LogP contribution in [-0.2, 0) is 9.59 Å². The van der Waals surface area contributed by atoms with Gasteiger partial charge in [-0.15, -0.1) is 0 Å². The molecule has 4 rings (SSSR count). The second kappa shape index (κ2) is 8.89. The number of piperazine rings is 1. The van der Waals surface area contributed by atoms with Crippen LogP contribution in [0.15, 0.2) is 0 Å². The second-order valence-corrected chi connectivity index (χ2v) is 9.84. The molecule has 2 saturated heterocycles. The molecule has 4 unspecified atom stereocenters. The van der Waals surface area contributed by atoms with Crippen LogP contribution >= 0.6 is 0 Å². The van der Waals surface area contributed by atoms with Gasteiger partial charge in [-0.05, 0) is 32.6 Å². The quantitative estimate of drug-likeness (QED) is 0.711. The number of hydrazine groups is 1. The summed E-state index contributed by atoms with van der Waals surface area (Å²) in [7, 11) is 0. The van der Waals surface area contributed by atoms with Gasteiger partial charge in [-0.3, -0.25) is 15.0 Å². The van der Waals surface area contributed by atoms with Crippen molar-refractivity contribution in [2.45, 2.75) is 108 Å². The van der Waals surface area contributed by atoms with Crippen molar-refractivity contribution >= 4 is 11.8 Å². The van der Waals surface area contributed by atoms with Gasteiger partial charge in [0.25, 0.3) is 0 Å². The van der Waals surface area contributed by atoms with Gasteiger partial charge in [0.15, 0.2) is 0 Å². The van der Waals surface area contributed by atoms with Crippen LogP contribution in [-0.4, -0.2) is 76.1 Å². The monoisotopic (exact) mass is 444 g/mol. The van der Waals surface area contributed by atoms with Crippen LogP contribution in [0.1, 0.15) is 71.6 Å². The van der Waals surface area contributed by atoms with Crippen molar-refractivity contribution in [1.82, 2.24) is 20.2 Å². The van der Waals surface area contributed by atoms with Crippen molar-refractivity contribution in [1.29, 1.82) is 0 Å². The molecule has 0 bridgehead atoms. The molecule has 0 radical (unpaired) electrons. The maximum atomic E-state index is 14.2. The van der Waals surface area contributed by atoms with Gasteiger partial charge in [-0.25, -0.2) is 5.01 Å². The molecule has 0 spiro atoms. The van der Waals surface area contributed by atoms with E-state index in [2.05, 4.69) is 5.43 Å². The van der Waals surface area contributed by atoms with E-state index in [4.69, 9.17) is 0 Å². The number of carbonyl (C=O) groups excluding carboxylic acids is 2. The van der Waals surface area contributed by atoms with Crippen LogP contribution in [0, 0.1) is 5.92 Å². The average molecular weight is 445 g/mol. The largest absolute Gasteiger partial charge is 0.406 e. The van der Waals surface area contributed by atoms with Gasteiger partial charge in [0.1, 0.15) is 6.04 Å². The van der Waals surface area contributed by atoms with E-state index >= 15 is 0 Å². The number of amides is 2. The molecule has 0 aromatic rings. The summed E-state index contributed by atoms with van der Waals surface area (Å²) in [6.07, 6.45) is 3.38. The molecule has 5 atom stereocenters. The van der Waals surface area contributed by atoms with E-state index < -0.39 is 24.0 Å². The molecular formula is C22H35F3N4O2. The average Bonchev–Trinajstić information content (AvgIpc) is 3.19. The van der Waals surface area contributed by atoms with Crippen LogP contribution in [0.3, 0.4) is 0 Å². The molecule has 176 valence electrons. The molecule has 0 aromatic heterocycles. The van der Waals surface area contributed by atoms with E-state index in [1.807, 2.05) is 11.8 Å². The first-order valence-electron chi connectivity index (χ1n) is 11.9. The van der Waals surface area contributed by atoms with E-state index in [1.165, 1.54) is 5.01 Å². The van der Waals surface area contributed by atoms with E-state index in [1.54, 1.807) is 11.8 Å². The first-order valence-corrected chi connectivity index (χ1v) is 11.9. The molecule has 31 heavy (non-hydrogen) atoms. The Hall–Kier alpha value is -1.35. The standard InChI is InChI=1S/C22H35F3N4O2/c1-14-13-27(18-10-6-7-11-19(18)28(14)15(2)30)21(31)17-12-26-29(20(17)22(23,24)25)16-8-4-3-5-9-16/h14,16-20,26H,3-13H2,1-2H3/t14-,17?,18?,19?,20?/m0/s1. The first-order chi connectivity index (χ1) is 14.7. The molecule has 0 aromatic carbocycles. The molecule has 2 aliphatic heterocycles. The fraction of sp³-hybridized carbons (Fsp3) is 0.909. The number of nitrogens with zero attached hydrogens (tertiary/aromatic N) is 3. The number of fused-ring (bicyclic) bond motifs is 1. The zero-order valence-electron chi connectivity index (χ0n) is 18.5.